The van der Waals surface area contributed by atoms with E-state index in [4.69, 9.17) is 4.74 Å². The van der Waals surface area contributed by atoms with Crippen molar-refractivity contribution in [3.05, 3.63) is 35.4 Å². The summed E-state index contributed by atoms with van der Waals surface area (Å²) in [5, 5.41) is 3.64. The molecule has 0 bridgehead atoms. The Bertz CT molecular complexity index is 372. The van der Waals surface area contributed by atoms with Crippen molar-refractivity contribution in [2.45, 2.75) is 66.0 Å². The largest absolute Gasteiger partial charge is 0.377 e. The summed E-state index contributed by atoms with van der Waals surface area (Å²) in [5.74, 6) is 0.697. The van der Waals surface area contributed by atoms with Gasteiger partial charge in [0.25, 0.3) is 0 Å². The third-order valence-corrected chi connectivity index (χ3v) is 3.91. The molecule has 0 fully saturated rings. The summed E-state index contributed by atoms with van der Waals surface area (Å²) in [5.41, 5.74) is 2.72. The van der Waals surface area contributed by atoms with Crippen LogP contribution >= 0.6 is 0 Å². The zero-order valence-electron chi connectivity index (χ0n) is 14.5. The SMILES string of the molecule is CCCNC(c1ccc(CC)cc1)C(C)OCCC(C)C. The Morgan fingerprint density at radius 1 is 1.05 bits per heavy atom. The van der Waals surface area contributed by atoms with Gasteiger partial charge in [-0.3, -0.25) is 0 Å². The van der Waals surface area contributed by atoms with Gasteiger partial charge in [-0.15, -0.1) is 0 Å². The highest BCUT2D eigenvalue weighted by Gasteiger charge is 2.19. The number of hydrogen-bond acceptors (Lipinski definition) is 2. The lowest BCUT2D eigenvalue weighted by molar-refractivity contribution is 0.0325. The summed E-state index contributed by atoms with van der Waals surface area (Å²) >= 11 is 0. The van der Waals surface area contributed by atoms with Gasteiger partial charge < -0.3 is 10.1 Å². The van der Waals surface area contributed by atoms with E-state index in [1.54, 1.807) is 0 Å². The zero-order chi connectivity index (χ0) is 15.7. The molecule has 0 aliphatic carbocycles. The van der Waals surface area contributed by atoms with Crippen LogP contribution in [0.4, 0.5) is 0 Å². The van der Waals surface area contributed by atoms with Crippen LogP contribution in [0.25, 0.3) is 0 Å². The summed E-state index contributed by atoms with van der Waals surface area (Å²) in [6, 6.07) is 9.24. The highest BCUT2D eigenvalue weighted by molar-refractivity contribution is 5.25. The average molecular weight is 291 g/mol. The standard InChI is InChI=1S/C19H33NO/c1-6-13-20-19(16(5)21-14-12-15(3)4)18-10-8-17(7-2)9-11-18/h8-11,15-16,19-20H,6-7,12-14H2,1-5H3. The first-order chi connectivity index (χ1) is 10.1. The predicted octanol–water partition coefficient (Wildman–Crippen LogP) is 4.74. The molecule has 2 atom stereocenters. The Balaban J connectivity index is 2.68. The van der Waals surface area contributed by atoms with Crippen molar-refractivity contribution in [3.63, 3.8) is 0 Å². The number of nitrogens with one attached hydrogen (secondary N) is 1. The van der Waals surface area contributed by atoms with Crippen molar-refractivity contribution in [3.8, 4) is 0 Å². The van der Waals surface area contributed by atoms with Crippen LogP contribution in [-0.4, -0.2) is 19.3 Å². The van der Waals surface area contributed by atoms with E-state index >= 15 is 0 Å². The zero-order valence-corrected chi connectivity index (χ0v) is 14.5. The Labute approximate surface area is 131 Å². The van der Waals surface area contributed by atoms with Gasteiger partial charge in [0.05, 0.1) is 12.1 Å². The van der Waals surface area contributed by atoms with E-state index in [0.29, 0.717) is 5.92 Å². The van der Waals surface area contributed by atoms with Crippen molar-refractivity contribution in [1.29, 1.82) is 0 Å². The quantitative estimate of drug-likeness (QED) is 0.672. The lowest BCUT2D eigenvalue weighted by Crippen LogP contribution is -2.33. The van der Waals surface area contributed by atoms with Crippen molar-refractivity contribution >= 4 is 0 Å². The monoisotopic (exact) mass is 291 g/mol. The molecule has 0 spiro atoms. The predicted molar refractivity (Wildman–Crippen MR) is 91.7 cm³/mol. The minimum absolute atomic E-state index is 0.197. The van der Waals surface area contributed by atoms with E-state index in [9.17, 15) is 0 Å². The van der Waals surface area contributed by atoms with E-state index in [2.05, 4.69) is 64.2 Å². The molecule has 0 saturated heterocycles. The molecular formula is C19H33NO. The molecule has 0 aliphatic heterocycles. The maximum atomic E-state index is 6.06. The molecule has 0 aliphatic rings. The first kappa shape index (κ1) is 18.2. The van der Waals surface area contributed by atoms with Gasteiger partial charge in [-0.25, -0.2) is 0 Å². The molecule has 0 radical (unpaired) electrons. The van der Waals surface area contributed by atoms with Gasteiger partial charge >= 0.3 is 0 Å². The second kappa shape index (κ2) is 9.97. The Hall–Kier alpha value is -0.860. The lowest BCUT2D eigenvalue weighted by Gasteiger charge is -2.26. The molecular weight excluding hydrogens is 258 g/mol. The molecule has 2 heteroatoms. The van der Waals surface area contributed by atoms with Crippen molar-refractivity contribution in [2.24, 2.45) is 5.92 Å². The molecule has 0 saturated carbocycles. The van der Waals surface area contributed by atoms with E-state index in [1.807, 2.05) is 0 Å². The smallest absolute Gasteiger partial charge is 0.0741 e. The molecule has 1 aromatic rings. The highest BCUT2D eigenvalue weighted by atomic mass is 16.5. The molecule has 120 valence electrons. The number of benzene rings is 1. The lowest BCUT2D eigenvalue weighted by atomic mass is 10.00. The molecule has 1 rings (SSSR count). The molecule has 0 aromatic heterocycles. The Morgan fingerprint density at radius 2 is 1.71 bits per heavy atom. The van der Waals surface area contributed by atoms with Crippen LogP contribution in [-0.2, 0) is 11.2 Å². The average Bonchev–Trinajstić information content (AvgIpc) is 2.48. The summed E-state index contributed by atoms with van der Waals surface area (Å²) in [6.45, 7) is 12.9. The molecule has 2 unspecified atom stereocenters. The van der Waals surface area contributed by atoms with Gasteiger partial charge in [0.1, 0.15) is 0 Å². The second-order valence-corrected chi connectivity index (χ2v) is 6.29. The third-order valence-electron chi connectivity index (χ3n) is 3.91. The topological polar surface area (TPSA) is 21.3 Å². The van der Waals surface area contributed by atoms with Gasteiger partial charge in [-0.1, -0.05) is 52.0 Å². The van der Waals surface area contributed by atoms with Gasteiger partial charge in [-0.05, 0) is 49.8 Å². The molecule has 1 aromatic carbocycles. The molecule has 1 N–H and O–H groups in total. The minimum Gasteiger partial charge on any atom is -0.377 e. The van der Waals surface area contributed by atoms with E-state index < -0.39 is 0 Å². The van der Waals surface area contributed by atoms with E-state index in [0.717, 1.165) is 32.4 Å². The number of aryl methyl sites for hydroxylation is 1. The molecule has 21 heavy (non-hydrogen) atoms. The van der Waals surface area contributed by atoms with Crippen LogP contribution in [0.3, 0.4) is 0 Å². The Morgan fingerprint density at radius 3 is 2.24 bits per heavy atom. The van der Waals surface area contributed by atoms with Crippen LogP contribution in [0.15, 0.2) is 24.3 Å². The van der Waals surface area contributed by atoms with Crippen LogP contribution < -0.4 is 5.32 Å². The van der Waals surface area contributed by atoms with Crippen molar-refractivity contribution in [1.82, 2.24) is 5.32 Å². The van der Waals surface area contributed by atoms with Gasteiger partial charge in [0, 0.05) is 6.61 Å². The number of hydrogen-bond donors (Lipinski definition) is 1. The third kappa shape index (κ3) is 6.62. The normalized spacial score (nSPS) is 14.4. The molecule has 0 heterocycles. The van der Waals surface area contributed by atoms with Crippen LogP contribution in [0.2, 0.25) is 0 Å². The van der Waals surface area contributed by atoms with Crippen molar-refractivity contribution in [2.75, 3.05) is 13.2 Å². The summed E-state index contributed by atoms with van der Waals surface area (Å²) in [4.78, 5) is 0. The van der Waals surface area contributed by atoms with Crippen LogP contribution in [0.5, 0.6) is 0 Å². The Kier molecular flexibility index (Phi) is 8.63. The number of ether oxygens (including phenoxy) is 1. The van der Waals surface area contributed by atoms with Crippen LogP contribution in [0.1, 0.15) is 64.6 Å². The van der Waals surface area contributed by atoms with Crippen molar-refractivity contribution < 1.29 is 4.74 Å². The van der Waals surface area contributed by atoms with E-state index in [1.165, 1.54) is 11.1 Å². The van der Waals surface area contributed by atoms with Gasteiger partial charge in [0.2, 0.25) is 0 Å². The summed E-state index contributed by atoms with van der Waals surface area (Å²) in [6.07, 6.45) is 3.55. The highest BCUT2D eigenvalue weighted by Crippen LogP contribution is 2.21. The number of rotatable bonds is 10. The van der Waals surface area contributed by atoms with Crippen LogP contribution in [0, 0.1) is 5.92 Å². The van der Waals surface area contributed by atoms with Gasteiger partial charge in [-0.2, -0.15) is 0 Å². The fourth-order valence-corrected chi connectivity index (χ4v) is 2.40. The second-order valence-electron chi connectivity index (χ2n) is 6.29. The maximum Gasteiger partial charge on any atom is 0.0741 e. The van der Waals surface area contributed by atoms with Gasteiger partial charge in [0.15, 0.2) is 0 Å². The first-order valence-corrected chi connectivity index (χ1v) is 8.52. The molecule has 2 nitrogen and oxygen atoms in total. The first-order valence-electron chi connectivity index (χ1n) is 8.52. The van der Waals surface area contributed by atoms with E-state index in [-0.39, 0.29) is 12.1 Å². The summed E-state index contributed by atoms with van der Waals surface area (Å²) < 4.78 is 6.06. The molecule has 0 amide bonds. The fraction of sp³-hybridized carbons (Fsp3) is 0.684. The maximum absolute atomic E-state index is 6.06. The fourth-order valence-electron chi connectivity index (χ4n) is 2.40. The minimum atomic E-state index is 0.197. The summed E-state index contributed by atoms with van der Waals surface area (Å²) in [7, 11) is 0.